The smallest absolute Gasteiger partial charge is 0.0456 e. The lowest BCUT2D eigenvalue weighted by Gasteiger charge is -2.49. The van der Waals surface area contributed by atoms with E-state index in [-0.39, 0.29) is 0 Å². The summed E-state index contributed by atoms with van der Waals surface area (Å²) >= 11 is 0. The molecule has 1 fully saturated rings. The Kier molecular flexibility index (Phi) is 4.90. The van der Waals surface area contributed by atoms with Crippen LogP contribution in [0.15, 0.2) is 41.6 Å². The Hall–Kier alpha value is -1.50. The lowest BCUT2D eigenvalue weighted by molar-refractivity contribution is 0.0823. The first-order valence-electron chi connectivity index (χ1n) is 9.68. The number of rotatable bonds is 4. The van der Waals surface area contributed by atoms with Crippen molar-refractivity contribution in [2.75, 3.05) is 0 Å². The highest BCUT2D eigenvalue weighted by molar-refractivity contribution is 5.83. The number of para-hydroxylation sites is 1. The Labute approximate surface area is 147 Å². The molecule has 0 unspecified atom stereocenters. The van der Waals surface area contributed by atoms with Gasteiger partial charge in [0, 0.05) is 17.1 Å². The predicted molar refractivity (Wildman–Crippen MR) is 105 cm³/mol. The number of allylic oxidation sites excluding steroid dienone is 2. The molecule has 0 spiro atoms. The number of fused-ring (bicyclic) bond motifs is 1. The topological polar surface area (TPSA) is 15.8 Å². The zero-order chi connectivity index (χ0) is 17.3. The van der Waals surface area contributed by atoms with E-state index in [0.717, 1.165) is 11.8 Å². The Bertz CT molecular complexity index is 731. The van der Waals surface area contributed by atoms with Crippen LogP contribution in [0.2, 0.25) is 0 Å². The van der Waals surface area contributed by atoms with Crippen LogP contribution in [-0.4, -0.2) is 4.98 Å². The number of nitrogens with one attached hydrogen (secondary N) is 1. The van der Waals surface area contributed by atoms with Crippen LogP contribution < -0.4 is 0 Å². The quantitative estimate of drug-likeness (QED) is 0.589. The van der Waals surface area contributed by atoms with Crippen molar-refractivity contribution in [2.24, 2.45) is 17.3 Å². The van der Waals surface area contributed by atoms with E-state index in [4.69, 9.17) is 0 Å². The van der Waals surface area contributed by atoms with Crippen LogP contribution >= 0.6 is 0 Å². The monoisotopic (exact) mass is 323 g/mol. The predicted octanol–water partition coefficient (Wildman–Crippen LogP) is 6.90. The molecule has 0 amide bonds. The van der Waals surface area contributed by atoms with Gasteiger partial charge in [-0.15, -0.1) is 0 Å². The van der Waals surface area contributed by atoms with Crippen LogP contribution in [0.4, 0.5) is 0 Å². The summed E-state index contributed by atoms with van der Waals surface area (Å²) in [5.41, 5.74) is 6.43. The minimum atomic E-state index is 0.353. The van der Waals surface area contributed by atoms with Gasteiger partial charge in [-0.3, -0.25) is 0 Å². The molecule has 0 saturated heterocycles. The molecule has 1 heteroatoms. The van der Waals surface area contributed by atoms with E-state index in [1.807, 2.05) is 0 Å². The van der Waals surface area contributed by atoms with Crippen molar-refractivity contribution in [2.45, 2.75) is 66.7 Å². The second-order valence-corrected chi connectivity index (χ2v) is 8.35. The fourth-order valence-corrected chi connectivity index (χ4v) is 4.99. The average Bonchev–Trinajstić information content (AvgIpc) is 2.95. The highest BCUT2D eigenvalue weighted by Crippen LogP contribution is 2.52. The molecule has 0 bridgehead atoms. The van der Waals surface area contributed by atoms with Gasteiger partial charge in [0.05, 0.1) is 0 Å². The first-order chi connectivity index (χ1) is 11.5. The van der Waals surface area contributed by atoms with Crippen LogP contribution in [0.3, 0.4) is 0 Å². The molecule has 1 nitrogen and oxygen atoms in total. The van der Waals surface area contributed by atoms with E-state index in [1.54, 1.807) is 11.1 Å². The molecular formula is C23H33N. The number of hydrogen-bond donors (Lipinski definition) is 1. The lowest BCUT2D eigenvalue weighted by Crippen LogP contribution is -2.41. The van der Waals surface area contributed by atoms with Crippen molar-refractivity contribution in [3.63, 3.8) is 0 Å². The fourth-order valence-electron chi connectivity index (χ4n) is 4.99. The van der Waals surface area contributed by atoms with Crippen molar-refractivity contribution in [3.8, 4) is 0 Å². The van der Waals surface area contributed by atoms with Gasteiger partial charge in [0.1, 0.15) is 0 Å². The van der Waals surface area contributed by atoms with Gasteiger partial charge in [-0.05, 0) is 68.4 Å². The second-order valence-electron chi connectivity index (χ2n) is 8.35. The standard InChI is InChI=1S/C23H33N/c1-6-9-21-19(16(2)3)13-12-17(4)23(21,5)14-18-15-24-22-11-8-7-10-20(18)22/h7-8,10-11,15,17,21,24H,6,9,12-14H2,1-5H3/t17-,21-,23-/m1/s1. The summed E-state index contributed by atoms with van der Waals surface area (Å²) in [6, 6.07) is 8.75. The van der Waals surface area contributed by atoms with Crippen LogP contribution in [0, 0.1) is 17.3 Å². The van der Waals surface area contributed by atoms with Crippen molar-refractivity contribution >= 4 is 10.9 Å². The molecule has 1 aromatic carbocycles. The van der Waals surface area contributed by atoms with E-state index in [0.29, 0.717) is 5.41 Å². The summed E-state index contributed by atoms with van der Waals surface area (Å²) in [7, 11) is 0. The fraction of sp³-hybridized carbons (Fsp3) is 0.565. The number of hydrogen-bond acceptors (Lipinski definition) is 0. The summed E-state index contributed by atoms with van der Waals surface area (Å²) < 4.78 is 0. The Morgan fingerprint density at radius 3 is 2.71 bits per heavy atom. The zero-order valence-corrected chi connectivity index (χ0v) is 16.1. The summed E-state index contributed by atoms with van der Waals surface area (Å²) in [4.78, 5) is 3.48. The summed E-state index contributed by atoms with van der Waals surface area (Å²) in [6.45, 7) is 12.0. The van der Waals surface area contributed by atoms with E-state index in [2.05, 4.69) is 70.1 Å². The van der Waals surface area contributed by atoms with Gasteiger partial charge < -0.3 is 4.98 Å². The number of aromatic amines is 1. The number of benzene rings is 1. The Morgan fingerprint density at radius 1 is 1.25 bits per heavy atom. The van der Waals surface area contributed by atoms with Crippen molar-refractivity contribution in [1.82, 2.24) is 4.98 Å². The maximum Gasteiger partial charge on any atom is 0.0456 e. The molecule has 3 rings (SSSR count). The highest BCUT2D eigenvalue weighted by Gasteiger charge is 2.43. The summed E-state index contributed by atoms with van der Waals surface area (Å²) in [5, 5.41) is 1.41. The molecule has 1 heterocycles. The Balaban J connectivity index is 2.02. The molecule has 24 heavy (non-hydrogen) atoms. The maximum atomic E-state index is 3.48. The van der Waals surface area contributed by atoms with Gasteiger partial charge >= 0.3 is 0 Å². The summed E-state index contributed by atoms with van der Waals surface area (Å²) in [5.74, 6) is 1.50. The van der Waals surface area contributed by atoms with Crippen LogP contribution in [0.25, 0.3) is 10.9 Å². The average molecular weight is 324 g/mol. The third-order valence-corrected chi connectivity index (χ3v) is 6.65. The van der Waals surface area contributed by atoms with Crippen LogP contribution in [-0.2, 0) is 6.42 Å². The van der Waals surface area contributed by atoms with Crippen molar-refractivity contribution in [1.29, 1.82) is 0 Å². The van der Waals surface area contributed by atoms with Gasteiger partial charge in [0.2, 0.25) is 0 Å². The molecule has 130 valence electrons. The first kappa shape index (κ1) is 17.3. The van der Waals surface area contributed by atoms with E-state index in [9.17, 15) is 0 Å². The third-order valence-electron chi connectivity index (χ3n) is 6.65. The van der Waals surface area contributed by atoms with Gasteiger partial charge in [0.15, 0.2) is 0 Å². The summed E-state index contributed by atoms with van der Waals surface area (Å²) in [6.07, 6.45) is 8.67. The molecule has 2 aromatic rings. The maximum absolute atomic E-state index is 3.48. The van der Waals surface area contributed by atoms with E-state index < -0.39 is 0 Å². The minimum absolute atomic E-state index is 0.353. The van der Waals surface area contributed by atoms with Gasteiger partial charge in [-0.25, -0.2) is 0 Å². The molecular weight excluding hydrogens is 290 g/mol. The second kappa shape index (κ2) is 6.78. The van der Waals surface area contributed by atoms with E-state index in [1.165, 1.54) is 48.6 Å². The van der Waals surface area contributed by atoms with Crippen LogP contribution in [0.1, 0.15) is 65.9 Å². The molecule has 0 radical (unpaired) electrons. The van der Waals surface area contributed by atoms with Gasteiger partial charge in [-0.2, -0.15) is 0 Å². The third kappa shape index (κ3) is 2.94. The normalized spacial score (nSPS) is 27.6. The Morgan fingerprint density at radius 2 is 2.00 bits per heavy atom. The van der Waals surface area contributed by atoms with Crippen molar-refractivity contribution < 1.29 is 0 Å². The van der Waals surface area contributed by atoms with E-state index >= 15 is 0 Å². The highest BCUT2D eigenvalue weighted by atomic mass is 14.7. The van der Waals surface area contributed by atoms with Crippen LogP contribution in [0.5, 0.6) is 0 Å². The number of H-pyrrole nitrogens is 1. The minimum Gasteiger partial charge on any atom is -0.361 e. The molecule has 3 atom stereocenters. The zero-order valence-electron chi connectivity index (χ0n) is 16.1. The molecule has 1 aliphatic rings. The largest absolute Gasteiger partial charge is 0.361 e. The van der Waals surface area contributed by atoms with Gasteiger partial charge in [0.25, 0.3) is 0 Å². The SMILES string of the molecule is CCC[C@@H]1C(=C(C)C)CC[C@@H](C)[C@@]1(C)Cc1c[nH]c2ccccc12. The molecule has 1 aromatic heterocycles. The number of aromatic nitrogens is 1. The van der Waals surface area contributed by atoms with Gasteiger partial charge in [-0.1, -0.05) is 56.5 Å². The molecule has 1 saturated carbocycles. The molecule has 1 aliphatic carbocycles. The lowest BCUT2D eigenvalue weighted by atomic mass is 9.56. The van der Waals surface area contributed by atoms with Crippen molar-refractivity contribution in [3.05, 3.63) is 47.2 Å². The molecule has 1 N–H and O–H groups in total. The molecule has 0 aliphatic heterocycles. The first-order valence-corrected chi connectivity index (χ1v) is 9.68.